The Labute approximate surface area is 552 Å². The number of carbonyl (C=O) groups is 1. The van der Waals surface area contributed by atoms with Gasteiger partial charge in [0.05, 0.1) is 39.9 Å². The van der Waals surface area contributed by atoms with Crippen LogP contribution in [0.3, 0.4) is 0 Å². The molecule has 3 atom stereocenters. The Bertz CT molecular complexity index is 1870. The zero-order valence-electron chi connectivity index (χ0n) is 58.9. The molecule has 0 saturated heterocycles. The van der Waals surface area contributed by atoms with Gasteiger partial charge in [-0.3, -0.25) is 13.8 Å². The van der Waals surface area contributed by atoms with Crippen LogP contribution < -0.4 is 5.32 Å². The van der Waals surface area contributed by atoms with Gasteiger partial charge >= 0.3 is 7.82 Å². The predicted octanol–water partition coefficient (Wildman–Crippen LogP) is 24.4. The van der Waals surface area contributed by atoms with Crippen LogP contribution in [0.1, 0.15) is 328 Å². The Morgan fingerprint density at radius 1 is 0.393 bits per heavy atom. The van der Waals surface area contributed by atoms with Crippen molar-refractivity contribution in [1.82, 2.24) is 5.32 Å². The summed E-state index contributed by atoms with van der Waals surface area (Å²) >= 11 is 0. The van der Waals surface area contributed by atoms with Gasteiger partial charge in [-0.15, -0.1) is 0 Å². The van der Waals surface area contributed by atoms with Gasteiger partial charge in [-0.1, -0.05) is 354 Å². The highest BCUT2D eigenvalue weighted by molar-refractivity contribution is 7.47. The van der Waals surface area contributed by atoms with Crippen LogP contribution in [0, 0.1) is 0 Å². The van der Waals surface area contributed by atoms with Crippen LogP contribution in [0.4, 0.5) is 0 Å². The highest BCUT2D eigenvalue weighted by Gasteiger charge is 2.28. The lowest BCUT2D eigenvalue weighted by Crippen LogP contribution is -2.46. The van der Waals surface area contributed by atoms with Gasteiger partial charge in [-0.25, -0.2) is 4.57 Å². The molecule has 0 aromatic rings. The van der Waals surface area contributed by atoms with E-state index in [1.165, 1.54) is 186 Å². The molecule has 1 amide bonds. The first kappa shape index (κ1) is 85.9. The molecule has 89 heavy (non-hydrogen) atoms. The molecule has 0 rings (SSSR count). The smallest absolute Gasteiger partial charge is 0.391 e. The molecule has 0 aliphatic rings. The molecule has 0 heterocycles. The number of allylic oxidation sites excluding steroid dienone is 20. The number of rotatable bonds is 68. The zero-order valence-corrected chi connectivity index (χ0v) is 59.8. The molecule has 0 spiro atoms. The van der Waals surface area contributed by atoms with Gasteiger partial charge in [0.25, 0.3) is 0 Å². The highest BCUT2D eigenvalue weighted by Crippen LogP contribution is 2.43. The molecule has 0 fully saturated rings. The lowest BCUT2D eigenvalue weighted by molar-refractivity contribution is -0.870. The van der Waals surface area contributed by atoms with E-state index in [0.717, 1.165) is 116 Å². The summed E-state index contributed by atoms with van der Waals surface area (Å²) in [5.41, 5.74) is 0. The highest BCUT2D eigenvalue weighted by atomic mass is 31.2. The molecular weight excluding hydrogens is 1120 g/mol. The van der Waals surface area contributed by atoms with Crippen LogP contribution in [-0.4, -0.2) is 73.4 Å². The fraction of sp³-hybridized carbons (Fsp3) is 0.738. The van der Waals surface area contributed by atoms with E-state index in [-0.39, 0.29) is 19.1 Å². The summed E-state index contributed by atoms with van der Waals surface area (Å²) in [6.45, 7) is 4.79. The molecule has 0 bridgehead atoms. The third kappa shape index (κ3) is 72.2. The zero-order chi connectivity index (χ0) is 64.8. The first-order valence-corrected chi connectivity index (χ1v) is 38.9. The van der Waals surface area contributed by atoms with E-state index in [9.17, 15) is 19.4 Å². The summed E-state index contributed by atoms with van der Waals surface area (Å²) in [6.07, 6.45) is 103. The number of carbonyl (C=O) groups excluding carboxylic acids is 1. The van der Waals surface area contributed by atoms with Crippen molar-refractivity contribution in [2.75, 3.05) is 40.9 Å². The van der Waals surface area contributed by atoms with Crippen molar-refractivity contribution in [2.24, 2.45) is 0 Å². The summed E-state index contributed by atoms with van der Waals surface area (Å²) in [7, 11) is 1.60. The number of quaternary nitrogens is 1. The van der Waals surface area contributed by atoms with Crippen LogP contribution in [-0.2, 0) is 18.4 Å². The number of phosphoric acid groups is 1. The van der Waals surface area contributed by atoms with E-state index in [1.807, 2.05) is 21.1 Å². The molecule has 0 aromatic heterocycles. The number of amides is 1. The largest absolute Gasteiger partial charge is 0.472 e. The number of aliphatic hydroxyl groups is 1. The Balaban J connectivity index is 4.10. The number of phosphoric ester groups is 1. The van der Waals surface area contributed by atoms with E-state index < -0.39 is 20.0 Å². The van der Waals surface area contributed by atoms with Crippen molar-refractivity contribution in [3.63, 3.8) is 0 Å². The molecule has 3 unspecified atom stereocenters. The first-order valence-electron chi connectivity index (χ1n) is 37.4. The number of nitrogens with zero attached hydrogens (tertiary/aromatic N) is 1. The third-order valence-electron chi connectivity index (χ3n) is 16.5. The lowest BCUT2D eigenvalue weighted by Gasteiger charge is -2.26. The van der Waals surface area contributed by atoms with Crippen molar-refractivity contribution < 1.29 is 32.9 Å². The van der Waals surface area contributed by atoms with Gasteiger partial charge in [0, 0.05) is 6.42 Å². The predicted molar refractivity (Wildman–Crippen MR) is 392 cm³/mol. The quantitative estimate of drug-likeness (QED) is 0.0243. The van der Waals surface area contributed by atoms with Crippen molar-refractivity contribution in [2.45, 2.75) is 341 Å². The number of nitrogens with one attached hydrogen (secondary N) is 1. The minimum Gasteiger partial charge on any atom is -0.391 e. The Morgan fingerprint density at radius 3 is 0.989 bits per heavy atom. The topological polar surface area (TPSA) is 105 Å². The standard InChI is InChI=1S/C80H143N2O6P/c1-6-8-10-12-14-16-18-20-22-24-26-28-30-32-34-36-38-39-40-41-42-43-44-46-48-50-52-54-56-58-60-62-64-66-68-70-72-74-80(84)81-78(77-88-89(85,86)87-76-75-82(3,4)5)79(83)73-71-69-67-65-63-61-59-57-55-53-51-49-47-45-37-35-33-31-29-27-25-23-21-19-17-15-13-11-9-7-2/h8,10,14,16,20,22,26,28,32,34,38-39,41-42,44,46,50,52,56,58,78-79,83H,6-7,9,11-13,15,17-19,21,23-25,27,29-31,33,35-37,40,43,45,47-49,51,53-55,57,59-77H2,1-5H3,(H-,81,84,85,86)/p+1/b10-8-,16-14-,22-20-,28-26-,34-32-,39-38-,42-41-,46-44-,52-50-,58-56-. The maximum absolute atomic E-state index is 13.1. The number of hydrogen-bond donors (Lipinski definition) is 3. The van der Waals surface area contributed by atoms with Crippen LogP contribution in [0.2, 0.25) is 0 Å². The average Bonchev–Trinajstić information content (AvgIpc) is 3.57. The molecule has 0 aliphatic heterocycles. The summed E-state index contributed by atoms with van der Waals surface area (Å²) in [4.78, 5) is 23.5. The van der Waals surface area contributed by atoms with Crippen molar-refractivity contribution >= 4 is 13.7 Å². The fourth-order valence-corrected chi connectivity index (χ4v) is 11.5. The van der Waals surface area contributed by atoms with Crippen LogP contribution in [0.5, 0.6) is 0 Å². The minimum absolute atomic E-state index is 0.0661. The summed E-state index contributed by atoms with van der Waals surface area (Å²) < 4.78 is 23.9. The number of likely N-dealkylation sites (N-methyl/N-ethyl adjacent to an activating group) is 1. The maximum atomic E-state index is 13.1. The molecule has 514 valence electrons. The van der Waals surface area contributed by atoms with Gasteiger partial charge in [-0.05, 0) is 89.9 Å². The van der Waals surface area contributed by atoms with E-state index >= 15 is 0 Å². The Morgan fingerprint density at radius 2 is 0.674 bits per heavy atom. The number of aliphatic hydroxyl groups excluding tert-OH is 1. The van der Waals surface area contributed by atoms with Crippen LogP contribution >= 0.6 is 7.82 Å². The number of hydrogen-bond acceptors (Lipinski definition) is 5. The molecule has 3 N–H and O–H groups in total. The van der Waals surface area contributed by atoms with Crippen molar-refractivity contribution in [3.8, 4) is 0 Å². The molecule has 0 saturated carbocycles. The molecule has 8 nitrogen and oxygen atoms in total. The molecule has 9 heteroatoms. The summed E-state index contributed by atoms with van der Waals surface area (Å²) in [6, 6.07) is -0.780. The first-order chi connectivity index (χ1) is 43.5. The van der Waals surface area contributed by atoms with Gasteiger partial charge in [0.2, 0.25) is 5.91 Å². The summed E-state index contributed by atoms with van der Waals surface area (Å²) in [5.74, 6) is -0.159. The second kappa shape index (κ2) is 69.2. The van der Waals surface area contributed by atoms with E-state index in [4.69, 9.17) is 9.05 Å². The van der Waals surface area contributed by atoms with Crippen LogP contribution in [0.15, 0.2) is 122 Å². The molecule has 0 aliphatic carbocycles. The van der Waals surface area contributed by atoms with E-state index in [2.05, 4.69) is 141 Å². The van der Waals surface area contributed by atoms with E-state index in [1.54, 1.807) is 0 Å². The van der Waals surface area contributed by atoms with E-state index in [0.29, 0.717) is 23.9 Å². The fourth-order valence-electron chi connectivity index (χ4n) is 10.7. The molecule has 0 radical (unpaired) electrons. The second-order valence-corrected chi connectivity index (χ2v) is 27.8. The minimum atomic E-state index is -4.35. The number of unbranched alkanes of at least 4 members (excludes halogenated alkanes) is 35. The molecular formula is C80H144N2O6P+. The average molecular weight is 1260 g/mol. The lowest BCUT2D eigenvalue weighted by atomic mass is 10.0. The Hall–Kier alpha value is -3.10. The van der Waals surface area contributed by atoms with Crippen LogP contribution in [0.25, 0.3) is 0 Å². The van der Waals surface area contributed by atoms with Gasteiger partial charge < -0.3 is 19.8 Å². The van der Waals surface area contributed by atoms with Gasteiger partial charge in [0.15, 0.2) is 0 Å². The molecule has 0 aromatic carbocycles. The maximum Gasteiger partial charge on any atom is 0.472 e. The monoisotopic (exact) mass is 1260 g/mol. The third-order valence-corrected chi connectivity index (χ3v) is 17.5. The summed E-state index contributed by atoms with van der Waals surface area (Å²) in [5, 5.41) is 14.2. The second-order valence-electron chi connectivity index (χ2n) is 26.3. The Kier molecular flexibility index (Phi) is 66.8. The normalized spacial score (nSPS) is 14.3. The van der Waals surface area contributed by atoms with Crippen molar-refractivity contribution in [3.05, 3.63) is 122 Å². The van der Waals surface area contributed by atoms with Gasteiger partial charge in [0.1, 0.15) is 13.2 Å². The van der Waals surface area contributed by atoms with Gasteiger partial charge in [-0.2, -0.15) is 0 Å². The van der Waals surface area contributed by atoms with Crippen molar-refractivity contribution in [1.29, 1.82) is 0 Å². The SMILES string of the molecule is CC/C=C\C/C=C\C/C=C\C/C=C\C/C=C\C/C=C\C/C=C\C/C=C\C/C=C\C/C=C\CCCCCCCCC(=O)NC(COP(=O)(O)OCC[N+](C)(C)C)C(O)CCCCCCCCCCCCCCCCCCCCCCCCCCCCCCCC.